The minimum absolute atomic E-state index is 0.163. The molecule has 0 saturated carbocycles. The molecule has 0 aliphatic carbocycles. The van der Waals surface area contributed by atoms with Crippen LogP contribution in [0, 0.1) is 0 Å². The van der Waals surface area contributed by atoms with Gasteiger partial charge in [-0.2, -0.15) is 0 Å². The molecule has 0 radical (unpaired) electrons. The quantitative estimate of drug-likeness (QED) is 0.374. The number of aliphatic hydroxyl groups excluding tert-OH is 2. The number of ether oxygens (including phenoxy) is 3. The van der Waals surface area contributed by atoms with Gasteiger partial charge in [0.15, 0.2) is 6.29 Å². The minimum Gasteiger partial charge on any atom is -0.387 e. The Kier molecular flexibility index (Phi) is 7.82. The van der Waals surface area contributed by atoms with Gasteiger partial charge in [-0.25, -0.2) is 0 Å². The van der Waals surface area contributed by atoms with Crippen molar-refractivity contribution < 1.29 is 29.2 Å². The summed E-state index contributed by atoms with van der Waals surface area (Å²) in [6.07, 6.45) is -3.78. The zero-order valence-electron chi connectivity index (χ0n) is 14.3. The monoisotopic (exact) mass is 347 g/mol. The van der Waals surface area contributed by atoms with Crippen molar-refractivity contribution in [2.24, 2.45) is 0 Å². The van der Waals surface area contributed by atoms with Crippen molar-refractivity contribution in [2.75, 3.05) is 53.5 Å². The maximum atomic E-state index is 11.9. The third-order valence-corrected chi connectivity index (χ3v) is 4.04. The van der Waals surface area contributed by atoms with Crippen LogP contribution in [0.15, 0.2) is 0 Å². The van der Waals surface area contributed by atoms with Crippen molar-refractivity contribution in [1.82, 2.24) is 15.5 Å². The van der Waals surface area contributed by atoms with Crippen molar-refractivity contribution in [2.45, 2.75) is 37.1 Å². The molecular weight excluding hydrogens is 318 g/mol. The van der Waals surface area contributed by atoms with Gasteiger partial charge in [-0.1, -0.05) is 0 Å². The predicted molar refractivity (Wildman–Crippen MR) is 85.4 cm³/mol. The molecule has 3 aliphatic heterocycles. The number of hydrogen-bond acceptors (Lipinski definition) is 8. The summed E-state index contributed by atoms with van der Waals surface area (Å²) in [6, 6.07) is 0. The Morgan fingerprint density at radius 2 is 1.96 bits per heavy atom. The van der Waals surface area contributed by atoms with Gasteiger partial charge in [-0.05, 0) is 20.5 Å². The molecule has 9 heteroatoms. The minimum atomic E-state index is -1.16. The van der Waals surface area contributed by atoms with Crippen LogP contribution in [-0.4, -0.2) is 105 Å². The normalized spacial score (nSPS) is 33.8. The van der Waals surface area contributed by atoms with E-state index in [1.807, 2.05) is 19.0 Å². The zero-order chi connectivity index (χ0) is 17.5. The molecule has 5 atom stereocenters. The Morgan fingerprint density at radius 1 is 1.21 bits per heavy atom. The average molecular weight is 347 g/mol. The summed E-state index contributed by atoms with van der Waals surface area (Å²) in [6.45, 7) is 2.74. The van der Waals surface area contributed by atoms with Crippen LogP contribution in [0.5, 0.6) is 0 Å². The molecule has 3 saturated heterocycles. The molecule has 2 bridgehead atoms. The first-order chi connectivity index (χ1) is 11.5. The summed E-state index contributed by atoms with van der Waals surface area (Å²) in [4.78, 5) is 13.9. The van der Waals surface area contributed by atoms with Crippen LogP contribution in [0.4, 0.5) is 0 Å². The standard InChI is InChI=1S/C15H29N3O6/c1-18(2)5-4-16-9-11(19)17-8-10-14-12(20)13(21)15(24-10)23-7-3-6-22-14/h10,12-16,20-21H,3-9H2,1-2H3,(H,17,19). The van der Waals surface area contributed by atoms with Gasteiger partial charge in [0, 0.05) is 26.2 Å². The molecule has 0 aromatic rings. The maximum Gasteiger partial charge on any atom is 0.234 e. The molecule has 0 spiro atoms. The van der Waals surface area contributed by atoms with Gasteiger partial charge in [-0.3, -0.25) is 4.79 Å². The second kappa shape index (κ2) is 9.62. The molecule has 3 rings (SSSR count). The lowest BCUT2D eigenvalue weighted by Crippen LogP contribution is -2.61. The number of amides is 1. The van der Waals surface area contributed by atoms with Crippen LogP contribution in [0.25, 0.3) is 0 Å². The molecule has 140 valence electrons. The van der Waals surface area contributed by atoms with Crippen molar-refractivity contribution in [1.29, 1.82) is 0 Å². The van der Waals surface area contributed by atoms with E-state index in [2.05, 4.69) is 10.6 Å². The van der Waals surface area contributed by atoms with Gasteiger partial charge < -0.3 is 40.0 Å². The Hall–Kier alpha value is -0.810. The van der Waals surface area contributed by atoms with Crippen molar-refractivity contribution in [3.63, 3.8) is 0 Å². The van der Waals surface area contributed by atoms with Gasteiger partial charge in [0.1, 0.15) is 24.4 Å². The van der Waals surface area contributed by atoms with E-state index in [-0.39, 0.29) is 19.0 Å². The average Bonchev–Trinajstić information content (AvgIpc) is 2.68. The number of nitrogens with zero attached hydrogens (tertiary/aromatic N) is 1. The maximum absolute atomic E-state index is 11.9. The van der Waals surface area contributed by atoms with E-state index in [0.29, 0.717) is 26.2 Å². The number of aliphatic hydroxyl groups is 2. The fraction of sp³-hybridized carbons (Fsp3) is 0.933. The molecule has 24 heavy (non-hydrogen) atoms. The fourth-order valence-electron chi connectivity index (χ4n) is 2.67. The summed E-state index contributed by atoms with van der Waals surface area (Å²) < 4.78 is 16.7. The highest BCUT2D eigenvalue weighted by Gasteiger charge is 2.46. The SMILES string of the molecule is CN(C)CCNCC(=O)NCC1OC2OCCCOC1C(O)C2O. The van der Waals surface area contributed by atoms with Crippen LogP contribution < -0.4 is 10.6 Å². The molecular formula is C15H29N3O6. The molecule has 5 unspecified atom stereocenters. The smallest absolute Gasteiger partial charge is 0.234 e. The predicted octanol–water partition coefficient (Wildman–Crippen LogP) is -2.49. The highest BCUT2D eigenvalue weighted by molar-refractivity contribution is 5.78. The van der Waals surface area contributed by atoms with Crippen molar-refractivity contribution in [3.8, 4) is 0 Å². The lowest BCUT2D eigenvalue weighted by atomic mass is 9.98. The third kappa shape index (κ3) is 5.62. The number of hydrogen-bond donors (Lipinski definition) is 4. The van der Waals surface area contributed by atoms with Gasteiger partial charge in [0.05, 0.1) is 13.2 Å². The molecule has 3 heterocycles. The molecule has 3 fully saturated rings. The summed E-state index contributed by atoms with van der Waals surface area (Å²) in [5, 5.41) is 26.0. The van der Waals surface area contributed by atoms with Gasteiger partial charge in [0.2, 0.25) is 5.91 Å². The van der Waals surface area contributed by atoms with E-state index >= 15 is 0 Å². The van der Waals surface area contributed by atoms with Gasteiger partial charge >= 0.3 is 0 Å². The Bertz CT molecular complexity index is 395. The molecule has 4 N–H and O–H groups in total. The number of fused-ring (bicyclic) bond motifs is 6. The fourth-order valence-corrected chi connectivity index (χ4v) is 2.67. The highest BCUT2D eigenvalue weighted by Crippen LogP contribution is 2.25. The van der Waals surface area contributed by atoms with Crippen molar-refractivity contribution in [3.05, 3.63) is 0 Å². The number of carbonyl (C=O) groups is 1. The number of rotatable bonds is 7. The van der Waals surface area contributed by atoms with E-state index in [9.17, 15) is 15.0 Å². The first-order valence-electron chi connectivity index (χ1n) is 8.36. The zero-order valence-corrected chi connectivity index (χ0v) is 14.3. The van der Waals surface area contributed by atoms with E-state index in [0.717, 1.165) is 6.54 Å². The number of likely N-dealkylation sites (N-methyl/N-ethyl adjacent to an activating group) is 1. The Morgan fingerprint density at radius 3 is 2.71 bits per heavy atom. The largest absolute Gasteiger partial charge is 0.387 e. The molecule has 0 aromatic heterocycles. The summed E-state index contributed by atoms with van der Waals surface area (Å²) in [5.41, 5.74) is 0. The van der Waals surface area contributed by atoms with Crippen LogP contribution in [0.3, 0.4) is 0 Å². The van der Waals surface area contributed by atoms with Crippen molar-refractivity contribution >= 4 is 5.91 Å². The lowest BCUT2D eigenvalue weighted by Gasteiger charge is -2.41. The summed E-state index contributed by atoms with van der Waals surface area (Å²) in [7, 11) is 3.93. The van der Waals surface area contributed by atoms with E-state index in [1.54, 1.807) is 0 Å². The van der Waals surface area contributed by atoms with Crippen LogP contribution >= 0.6 is 0 Å². The van der Waals surface area contributed by atoms with E-state index in [1.165, 1.54) is 0 Å². The molecule has 1 amide bonds. The highest BCUT2D eigenvalue weighted by atomic mass is 16.7. The molecule has 9 nitrogen and oxygen atoms in total. The molecule has 3 aliphatic rings. The first-order valence-corrected chi connectivity index (χ1v) is 8.36. The van der Waals surface area contributed by atoms with Gasteiger partial charge in [-0.15, -0.1) is 0 Å². The van der Waals surface area contributed by atoms with Crippen LogP contribution in [0.2, 0.25) is 0 Å². The van der Waals surface area contributed by atoms with Crippen LogP contribution in [-0.2, 0) is 19.0 Å². The second-order valence-electron chi connectivity index (χ2n) is 6.37. The summed E-state index contributed by atoms with van der Waals surface area (Å²) >= 11 is 0. The lowest BCUT2D eigenvalue weighted by molar-refractivity contribution is -0.292. The van der Waals surface area contributed by atoms with E-state index in [4.69, 9.17) is 14.2 Å². The molecule has 0 aromatic carbocycles. The third-order valence-electron chi connectivity index (χ3n) is 4.04. The summed E-state index contributed by atoms with van der Waals surface area (Å²) in [5.74, 6) is -0.163. The van der Waals surface area contributed by atoms with Gasteiger partial charge in [0.25, 0.3) is 0 Å². The Labute approximate surface area is 142 Å². The number of nitrogens with one attached hydrogen (secondary N) is 2. The second-order valence-corrected chi connectivity index (χ2v) is 6.37. The van der Waals surface area contributed by atoms with E-state index < -0.39 is 30.7 Å². The Balaban J connectivity index is 1.79. The topological polar surface area (TPSA) is 113 Å². The van der Waals surface area contributed by atoms with Crippen LogP contribution in [0.1, 0.15) is 6.42 Å². The first kappa shape index (κ1) is 19.5. The number of carbonyl (C=O) groups excluding carboxylic acids is 1.